The fraction of sp³-hybridized carbons (Fsp3) is 0. The predicted molar refractivity (Wildman–Crippen MR) is 206 cm³/mol. The topological polar surface area (TPSA) is 12.9 Å². The van der Waals surface area contributed by atoms with E-state index in [9.17, 15) is 0 Å². The van der Waals surface area contributed by atoms with Gasteiger partial charge in [0, 0.05) is 21.7 Å². The van der Waals surface area contributed by atoms with Crippen molar-refractivity contribution in [2.45, 2.75) is 0 Å². The average Bonchev–Trinajstić information content (AvgIpc) is 3.16. The zero-order valence-corrected chi connectivity index (χ0v) is 26.2. The summed E-state index contributed by atoms with van der Waals surface area (Å²) >= 11 is 0. The highest BCUT2D eigenvalue weighted by molar-refractivity contribution is 6.25. The molecule has 0 saturated heterocycles. The Morgan fingerprint density at radius 2 is 0.854 bits per heavy atom. The summed E-state index contributed by atoms with van der Waals surface area (Å²) in [7, 11) is 0. The van der Waals surface area contributed by atoms with Crippen LogP contribution in [0.25, 0.3) is 98.3 Å². The number of rotatable bonds is 3. The SMILES string of the molecule is c1ccc(-c2nc3cc(-c4c5ccccc5c(-c5cccc6ccccc56)c5ccccc45)ccc3c3c2ccc2ccccc23)cc1. The molecule has 0 atom stereocenters. The molecular formula is C47H29N. The molecule has 0 spiro atoms. The summed E-state index contributed by atoms with van der Waals surface area (Å²) in [6.45, 7) is 0. The molecule has 0 saturated carbocycles. The van der Waals surface area contributed by atoms with Crippen LogP contribution >= 0.6 is 0 Å². The molecule has 0 amide bonds. The molecule has 0 N–H and O–H groups in total. The van der Waals surface area contributed by atoms with Gasteiger partial charge in [0.15, 0.2) is 0 Å². The van der Waals surface area contributed by atoms with Crippen molar-refractivity contribution < 1.29 is 0 Å². The summed E-state index contributed by atoms with van der Waals surface area (Å²) in [5.41, 5.74) is 8.10. The summed E-state index contributed by atoms with van der Waals surface area (Å²) in [6, 6.07) is 63.9. The third-order valence-corrected chi connectivity index (χ3v) is 10.0. The number of hydrogen-bond acceptors (Lipinski definition) is 1. The molecule has 9 aromatic carbocycles. The van der Waals surface area contributed by atoms with Gasteiger partial charge < -0.3 is 0 Å². The molecular weight excluding hydrogens is 579 g/mol. The molecule has 1 nitrogen and oxygen atoms in total. The Hall–Kier alpha value is -6.31. The smallest absolute Gasteiger partial charge is 0.0788 e. The van der Waals surface area contributed by atoms with E-state index in [1.54, 1.807) is 0 Å². The second kappa shape index (κ2) is 10.6. The van der Waals surface area contributed by atoms with Gasteiger partial charge in [-0.1, -0.05) is 170 Å². The summed E-state index contributed by atoms with van der Waals surface area (Å²) in [5, 5.41) is 13.6. The molecule has 0 aliphatic carbocycles. The Morgan fingerprint density at radius 1 is 0.312 bits per heavy atom. The van der Waals surface area contributed by atoms with E-state index in [2.05, 4.69) is 176 Å². The number of hydrogen-bond donors (Lipinski definition) is 0. The van der Waals surface area contributed by atoms with Crippen LogP contribution in [0.1, 0.15) is 0 Å². The van der Waals surface area contributed by atoms with E-state index in [4.69, 9.17) is 4.98 Å². The summed E-state index contributed by atoms with van der Waals surface area (Å²) in [4.78, 5) is 5.43. The van der Waals surface area contributed by atoms with Crippen LogP contribution in [0.4, 0.5) is 0 Å². The van der Waals surface area contributed by atoms with E-state index >= 15 is 0 Å². The van der Waals surface area contributed by atoms with Gasteiger partial charge in [-0.2, -0.15) is 0 Å². The predicted octanol–water partition coefficient (Wildman–Crippen LogP) is 13.0. The second-order valence-electron chi connectivity index (χ2n) is 12.6. The van der Waals surface area contributed by atoms with Crippen molar-refractivity contribution in [3.63, 3.8) is 0 Å². The first-order chi connectivity index (χ1) is 23.8. The number of pyridine rings is 1. The maximum atomic E-state index is 5.43. The molecule has 0 aliphatic rings. The van der Waals surface area contributed by atoms with Gasteiger partial charge in [0.05, 0.1) is 11.2 Å². The summed E-state index contributed by atoms with van der Waals surface area (Å²) in [5.74, 6) is 0. The van der Waals surface area contributed by atoms with Crippen LogP contribution in [-0.2, 0) is 0 Å². The quantitative estimate of drug-likeness (QED) is 0.144. The first-order valence-electron chi connectivity index (χ1n) is 16.6. The van der Waals surface area contributed by atoms with Crippen LogP contribution in [0.5, 0.6) is 0 Å². The van der Waals surface area contributed by atoms with Gasteiger partial charge in [0.2, 0.25) is 0 Å². The van der Waals surface area contributed by atoms with Crippen LogP contribution in [0, 0.1) is 0 Å². The van der Waals surface area contributed by atoms with Crippen molar-refractivity contribution in [1.82, 2.24) is 4.98 Å². The lowest BCUT2D eigenvalue weighted by Gasteiger charge is -2.19. The molecule has 48 heavy (non-hydrogen) atoms. The minimum absolute atomic E-state index is 1.00. The fourth-order valence-electron chi connectivity index (χ4n) is 7.92. The van der Waals surface area contributed by atoms with Gasteiger partial charge in [0.1, 0.15) is 0 Å². The number of benzene rings is 9. The summed E-state index contributed by atoms with van der Waals surface area (Å²) in [6.07, 6.45) is 0. The molecule has 222 valence electrons. The standard InChI is InChI=1S/C47H29N/c1-2-15-32(16-3-1)47-42-28-25-31-14-5-7-19-35(31)45(42)41-27-26-33(29-43(41)48-47)44-37-20-8-10-22-39(37)46(40-23-11-9-21-38(40)44)36-24-12-17-30-13-4-6-18-34(30)36/h1-29H. The maximum absolute atomic E-state index is 5.43. The number of nitrogens with zero attached hydrogens (tertiary/aromatic N) is 1. The van der Waals surface area contributed by atoms with Crippen LogP contribution in [-0.4, -0.2) is 4.98 Å². The zero-order valence-electron chi connectivity index (χ0n) is 26.2. The third-order valence-electron chi connectivity index (χ3n) is 10.0. The number of aromatic nitrogens is 1. The Morgan fingerprint density at radius 3 is 1.56 bits per heavy atom. The monoisotopic (exact) mass is 607 g/mol. The van der Waals surface area contributed by atoms with Crippen molar-refractivity contribution in [3.05, 3.63) is 176 Å². The van der Waals surface area contributed by atoms with E-state index in [0.29, 0.717) is 0 Å². The van der Waals surface area contributed by atoms with Crippen molar-refractivity contribution in [3.8, 4) is 33.5 Å². The normalized spacial score (nSPS) is 11.8. The molecule has 1 aromatic heterocycles. The lowest BCUT2D eigenvalue weighted by molar-refractivity contribution is 1.43. The molecule has 0 bridgehead atoms. The Bertz CT molecular complexity index is 2820. The van der Waals surface area contributed by atoms with Gasteiger partial charge >= 0.3 is 0 Å². The van der Waals surface area contributed by atoms with Crippen molar-refractivity contribution in [2.75, 3.05) is 0 Å². The molecule has 0 radical (unpaired) electrons. The van der Waals surface area contributed by atoms with Gasteiger partial charge in [-0.3, -0.25) is 0 Å². The fourth-order valence-corrected chi connectivity index (χ4v) is 7.92. The van der Waals surface area contributed by atoms with Crippen LogP contribution < -0.4 is 0 Å². The third kappa shape index (κ3) is 4.01. The van der Waals surface area contributed by atoms with Crippen LogP contribution in [0.2, 0.25) is 0 Å². The largest absolute Gasteiger partial charge is 0.247 e. The molecule has 1 heterocycles. The van der Waals surface area contributed by atoms with E-state index in [0.717, 1.165) is 16.8 Å². The van der Waals surface area contributed by atoms with Gasteiger partial charge in [-0.05, 0) is 71.4 Å². The highest BCUT2D eigenvalue weighted by Crippen LogP contribution is 2.46. The minimum Gasteiger partial charge on any atom is -0.247 e. The summed E-state index contributed by atoms with van der Waals surface area (Å²) < 4.78 is 0. The van der Waals surface area contributed by atoms with Crippen molar-refractivity contribution in [2.24, 2.45) is 0 Å². The van der Waals surface area contributed by atoms with E-state index < -0.39 is 0 Å². The average molecular weight is 608 g/mol. The molecule has 0 fully saturated rings. The molecule has 10 aromatic rings. The molecule has 1 heteroatoms. The highest BCUT2D eigenvalue weighted by Gasteiger charge is 2.19. The first-order valence-corrected chi connectivity index (χ1v) is 16.6. The Labute approximate surface area is 278 Å². The minimum atomic E-state index is 1.00. The highest BCUT2D eigenvalue weighted by atomic mass is 14.7. The first kappa shape index (κ1) is 26.9. The van der Waals surface area contributed by atoms with Crippen molar-refractivity contribution >= 4 is 64.8 Å². The molecule has 0 unspecified atom stereocenters. The molecule has 10 rings (SSSR count). The Balaban J connectivity index is 1.32. The second-order valence-corrected chi connectivity index (χ2v) is 12.6. The molecule has 0 aliphatic heterocycles. The van der Waals surface area contributed by atoms with Crippen LogP contribution in [0.3, 0.4) is 0 Å². The van der Waals surface area contributed by atoms with Gasteiger partial charge in [-0.25, -0.2) is 4.98 Å². The lowest BCUT2D eigenvalue weighted by atomic mass is 9.84. The maximum Gasteiger partial charge on any atom is 0.0788 e. The van der Waals surface area contributed by atoms with Crippen LogP contribution in [0.15, 0.2) is 176 Å². The van der Waals surface area contributed by atoms with Gasteiger partial charge in [-0.15, -0.1) is 0 Å². The van der Waals surface area contributed by atoms with E-state index in [1.807, 2.05) is 0 Å². The van der Waals surface area contributed by atoms with E-state index in [-0.39, 0.29) is 0 Å². The van der Waals surface area contributed by atoms with Gasteiger partial charge in [0.25, 0.3) is 0 Å². The Kier molecular flexibility index (Phi) is 5.94. The van der Waals surface area contributed by atoms with E-state index in [1.165, 1.54) is 81.5 Å². The number of fused-ring (bicyclic) bond motifs is 8. The lowest BCUT2D eigenvalue weighted by Crippen LogP contribution is -1.93. The van der Waals surface area contributed by atoms with Crippen molar-refractivity contribution in [1.29, 1.82) is 0 Å². The zero-order chi connectivity index (χ0) is 31.6.